The monoisotopic (exact) mass is 302 g/mol. The van der Waals surface area contributed by atoms with Crippen LogP contribution in [-0.2, 0) is 13.0 Å². The predicted octanol–water partition coefficient (Wildman–Crippen LogP) is 2.88. The third-order valence-corrected chi connectivity index (χ3v) is 3.17. The highest BCUT2D eigenvalue weighted by Gasteiger charge is 2.25. The summed E-state index contributed by atoms with van der Waals surface area (Å²) in [5.41, 5.74) is 1.93. The van der Waals surface area contributed by atoms with Gasteiger partial charge in [-0.05, 0) is 12.5 Å². The van der Waals surface area contributed by atoms with Crippen LogP contribution in [0.25, 0.3) is 0 Å². The van der Waals surface area contributed by atoms with Crippen molar-refractivity contribution in [3.63, 3.8) is 0 Å². The van der Waals surface area contributed by atoms with Crippen LogP contribution in [0.4, 0.5) is 11.5 Å². The minimum absolute atomic E-state index is 0.0248. The van der Waals surface area contributed by atoms with Crippen molar-refractivity contribution in [1.29, 1.82) is 0 Å². The zero-order chi connectivity index (χ0) is 16.1. The second kappa shape index (κ2) is 6.84. The van der Waals surface area contributed by atoms with Crippen LogP contribution in [0.5, 0.6) is 5.88 Å². The van der Waals surface area contributed by atoms with Crippen molar-refractivity contribution in [2.45, 2.75) is 26.8 Å². The van der Waals surface area contributed by atoms with E-state index < -0.39 is 4.92 Å². The highest BCUT2D eigenvalue weighted by molar-refractivity contribution is 5.61. The van der Waals surface area contributed by atoms with Gasteiger partial charge in [0.2, 0.25) is 5.82 Å². The van der Waals surface area contributed by atoms with Gasteiger partial charge in [-0.15, -0.1) is 0 Å². The number of nitrogens with zero attached hydrogens (tertiary/aromatic N) is 3. The van der Waals surface area contributed by atoms with Gasteiger partial charge >= 0.3 is 5.69 Å². The standard InChI is InChI=1S/C15H18N4O3/c1-4-12-17-14(13(19(20)21)15(18-12)22-3)16-9-11-7-5-10(2)6-8-11/h5-8H,4,9H2,1-3H3,(H,16,17,18). The van der Waals surface area contributed by atoms with E-state index in [0.29, 0.717) is 18.8 Å². The van der Waals surface area contributed by atoms with Gasteiger partial charge < -0.3 is 10.1 Å². The molecule has 1 N–H and O–H groups in total. The van der Waals surface area contributed by atoms with Crippen molar-refractivity contribution >= 4 is 11.5 Å². The lowest BCUT2D eigenvalue weighted by atomic mass is 10.1. The quantitative estimate of drug-likeness (QED) is 0.652. The Hall–Kier alpha value is -2.70. The molecule has 0 atom stereocenters. The van der Waals surface area contributed by atoms with E-state index in [1.165, 1.54) is 7.11 Å². The van der Waals surface area contributed by atoms with E-state index in [4.69, 9.17) is 4.74 Å². The van der Waals surface area contributed by atoms with E-state index in [1.807, 2.05) is 38.1 Å². The maximum Gasteiger partial charge on any atom is 0.372 e. The van der Waals surface area contributed by atoms with Crippen LogP contribution in [0.3, 0.4) is 0 Å². The second-order valence-electron chi connectivity index (χ2n) is 4.80. The molecule has 0 saturated heterocycles. The normalized spacial score (nSPS) is 10.3. The number of benzene rings is 1. The molecule has 0 bridgehead atoms. The first-order valence-electron chi connectivity index (χ1n) is 6.93. The fraction of sp³-hybridized carbons (Fsp3) is 0.333. The summed E-state index contributed by atoms with van der Waals surface area (Å²) in [4.78, 5) is 19.0. The molecule has 0 spiro atoms. The van der Waals surface area contributed by atoms with Gasteiger partial charge in [-0.1, -0.05) is 36.8 Å². The summed E-state index contributed by atoms with van der Waals surface area (Å²) in [6.45, 7) is 4.32. The summed E-state index contributed by atoms with van der Waals surface area (Å²) in [5, 5.41) is 14.3. The van der Waals surface area contributed by atoms with E-state index in [9.17, 15) is 10.1 Å². The van der Waals surface area contributed by atoms with Crippen molar-refractivity contribution < 1.29 is 9.66 Å². The van der Waals surface area contributed by atoms with Gasteiger partial charge in [-0.2, -0.15) is 4.98 Å². The molecule has 7 heteroatoms. The third-order valence-electron chi connectivity index (χ3n) is 3.17. The molecule has 2 aromatic rings. The molecule has 1 aromatic carbocycles. The summed E-state index contributed by atoms with van der Waals surface area (Å²) >= 11 is 0. The van der Waals surface area contributed by atoms with Gasteiger partial charge in [-0.25, -0.2) is 4.98 Å². The number of hydrogen-bond acceptors (Lipinski definition) is 6. The molecule has 1 heterocycles. The number of rotatable bonds is 6. The summed E-state index contributed by atoms with van der Waals surface area (Å²) in [6, 6.07) is 7.91. The third kappa shape index (κ3) is 3.49. The van der Waals surface area contributed by atoms with Gasteiger partial charge in [0.25, 0.3) is 5.88 Å². The summed E-state index contributed by atoms with van der Waals surface area (Å²) < 4.78 is 5.02. The van der Waals surface area contributed by atoms with E-state index in [0.717, 1.165) is 11.1 Å². The Balaban J connectivity index is 2.31. The minimum atomic E-state index is -0.532. The first kappa shape index (κ1) is 15.7. The predicted molar refractivity (Wildman–Crippen MR) is 83.1 cm³/mol. The lowest BCUT2D eigenvalue weighted by Gasteiger charge is -2.10. The SMILES string of the molecule is CCc1nc(NCc2ccc(C)cc2)c([N+](=O)[O-])c(OC)n1. The first-order valence-corrected chi connectivity index (χ1v) is 6.93. The Labute approximate surface area is 128 Å². The highest BCUT2D eigenvalue weighted by atomic mass is 16.6. The Bertz CT molecular complexity index is 671. The van der Waals surface area contributed by atoms with Crippen LogP contribution in [-0.4, -0.2) is 22.0 Å². The molecule has 1 aromatic heterocycles. The number of ether oxygens (including phenoxy) is 1. The zero-order valence-corrected chi connectivity index (χ0v) is 12.8. The number of aromatic nitrogens is 2. The van der Waals surface area contributed by atoms with Gasteiger partial charge in [0.1, 0.15) is 5.82 Å². The Kier molecular flexibility index (Phi) is 4.88. The van der Waals surface area contributed by atoms with Gasteiger partial charge in [-0.3, -0.25) is 10.1 Å². The average Bonchev–Trinajstić information content (AvgIpc) is 2.53. The van der Waals surface area contributed by atoms with Crippen molar-refractivity contribution in [3.05, 3.63) is 51.3 Å². The number of nitro groups is 1. The molecule has 0 aliphatic heterocycles. The number of hydrogen-bond donors (Lipinski definition) is 1. The Morgan fingerprint density at radius 3 is 2.50 bits per heavy atom. The average molecular weight is 302 g/mol. The zero-order valence-electron chi connectivity index (χ0n) is 12.8. The van der Waals surface area contributed by atoms with E-state index in [1.54, 1.807) is 0 Å². The van der Waals surface area contributed by atoms with Crippen molar-refractivity contribution in [3.8, 4) is 5.88 Å². The molecule has 0 fully saturated rings. The molecule has 0 aliphatic rings. The summed E-state index contributed by atoms with van der Waals surface area (Å²) in [6.07, 6.45) is 0.563. The van der Waals surface area contributed by atoms with Crippen LogP contribution in [0.2, 0.25) is 0 Å². The fourth-order valence-electron chi connectivity index (χ4n) is 1.96. The molecular formula is C15H18N4O3. The molecule has 0 aliphatic carbocycles. The molecule has 22 heavy (non-hydrogen) atoms. The second-order valence-corrected chi connectivity index (χ2v) is 4.80. The molecule has 7 nitrogen and oxygen atoms in total. The van der Waals surface area contributed by atoms with Gasteiger partial charge in [0.15, 0.2) is 0 Å². The molecular weight excluding hydrogens is 284 g/mol. The Morgan fingerprint density at radius 1 is 1.27 bits per heavy atom. The molecule has 0 unspecified atom stereocenters. The minimum Gasteiger partial charge on any atom is -0.476 e. The van der Waals surface area contributed by atoms with Crippen LogP contribution in [0, 0.1) is 17.0 Å². The van der Waals surface area contributed by atoms with Crippen molar-refractivity contribution in [2.75, 3.05) is 12.4 Å². The van der Waals surface area contributed by atoms with Crippen LogP contribution < -0.4 is 10.1 Å². The number of methoxy groups -OCH3 is 1. The molecule has 2 rings (SSSR count). The molecule has 0 radical (unpaired) electrons. The number of aryl methyl sites for hydroxylation is 2. The van der Waals surface area contributed by atoms with Gasteiger partial charge in [0, 0.05) is 13.0 Å². The highest BCUT2D eigenvalue weighted by Crippen LogP contribution is 2.31. The lowest BCUT2D eigenvalue weighted by Crippen LogP contribution is -2.09. The number of anilines is 1. The smallest absolute Gasteiger partial charge is 0.372 e. The van der Waals surface area contributed by atoms with Gasteiger partial charge in [0.05, 0.1) is 12.0 Å². The van der Waals surface area contributed by atoms with Crippen molar-refractivity contribution in [2.24, 2.45) is 0 Å². The molecule has 116 valence electrons. The molecule has 0 saturated carbocycles. The molecule has 0 amide bonds. The topological polar surface area (TPSA) is 90.2 Å². The fourth-order valence-corrected chi connectivity index (χ4v) is 1.96. The van der Waals surface area contributed by atoms with E-state index in [-0.39, 0.29) is 17.4 Å². The van der Waals surface area contributed by atoms with E-state index in [2.05, 4.69) is 15.3 Å². The van der Waals surface area contributed by atoms with Crippen LogP contribution in [0.1, 0.15) is 23.9 Å². The maximum atomic E-state index is 11.3. The van der Waals surface area contributed by atoms with Crippen molar-refractivity contribution in [1.82, 2.24) is 9.97 Å². The lowest BCUT2D eigenvalue weighted by molar-refractivity contribution is -0.385. The van der Waals surface area contributed by atoms with Crippen LogP contribution in [0.15, 0.2) is 24.3 Å². The largest absolute Gasteiger partial charge is 0.476 e. The number of nitrogens with one attached hydrogen (secondary N) is 1. The van der Waals surface area contributed by atoms with Crippen LogP contribution >= 0.6 is 0 Å². The van der Waals surface area contributed by atoms with E-state index >= 15 is 0 Å². The summed E-state index contributed by atoms with van der Waals surface area (Å²) in [7, 11) is 1.36. The maximum absolute atomic E-state index is 11.3. The Morgan fingerprint density at radius 2 is 1.95 bits per heavy atom. The first-order chi connectivity index (χ1) is 10.5. The summed E-state index contributed by atoms with van der Waals surface area (Å²) in [5.74, 6) is 0.645.